The predicted octanol–water partition coefficient (Wildman–Crippen LogP) is 1.61. The number of ether oxygens (including phenoxy) is 1. The number of esters is 1. The first-order valence-electron chi connectivity index (χ1n) is 5.84. The largest absolute Gasteiger partial charge is 0.462 e. The third-order valence-corrected chi connectivity index (χ3v) is 2.46. The maximum atomic E-state index is 11.6. The summed E-state index contributed by atoms with van der Waals surface area (Å²) < 4.78 is 4.86. The minimum atomic E-state index is -0.524. The Morgan fingerprint density at radius 2 is 2.21 bits per heavy atom. The van der Waals surface area contributed by atoms with E-state index >= 15 is 0 Å². The minimum Gasteiger partial charge on any atom is -0.462 e. The summed E-state index contributed by atoms with van der Waals surface area (Å²) in [4.78, 5) is 23.9. The Morgan fingerprint density at radius 1 is 1.42 bits per heavy atom. The van der Waals surface area contributed by atoms with E-state index < -0.39 is 5.97 Å². The Labute approximate surface area is 110 Å². The van der Waals surface area contributed by atoms with E-state index in [0.29, 0.717) is 11.5 Å². The van der Waals surface area contributed by atoms with Gasteiger partial charge >= 0.3 is 5.97 Å². The smallest absolute Gasteiger partial charge is 0.343 e. The molecule has 0 aliphatic heterocycles. The highest BCUT2D eigenvalue weighted by Gasteiger charge is 2.14. The van der Waals surface area contributed by atoms with E-state index in [4.69, 9.17) is 10.5 Å². The van der Waals surface area contributed by atoms with Crippen molar-refractivity contribution in [2.45, 2.75) is 13.8 Å². The summed E-state index contributed by atoms with van der Waals surface area (Å²) >= 11 is 0. The second-order valence-electron chi connectivity index (χ2n) is 3.93. The maximum Gasteiger partial charge on any atom is 0.343 e. The number of carbonyl (C=O) groups excluding carboxylic acids is 1. The molecule has 2 aromatic rings. The predicted molar refractivity (Wildman–Crippen MR) is 70.4 cm³/mol. The highest BCUT2D eigenvalue weighted by molar-refractivity contribution is 5.93. The molecule has 0 atom stereocenters. The molecule has 0 spiro atoms. The Bertz CT molecular complexity index is 613. The number of carbonyl (C=O) groups is 1. The monoisotopic (exact) mass is 258 g/mol. The summed E-state index contributed by atoms with van der Waals surface area (Å²) in [6.07, 6.45) is 3.03. The van der Waals surface area contributed by atoms with E-state index in [1.54, 1.807) is 13.1 Å². The van der Waals surface area contributed by atoms with Crippen LogP contribution in [-0.2, 0) is 4.74 Å². The molecule has 0 saturated carbocycles. The van der Waals surface area contributed by atoms with Crippen LogP contribution in [0.15, 0.2) is 24.5 Å². The van der Waals surface area contributed by atoms with Crippen LogP contribution in [0.4, 0.5) is 5.82 Å². The van der Waals surface area contributed by atoms with Gasteiger partial charge in [-0.15, -0.1) is 0 Å². The van der Waals surface area contributed by atoms with Crippen LogP contribution in [0, 0.1) is 6.92 Å². The van der Waals surface area contributed by atoms with Gasteiger partial charge in [0.15, 0.2) is 5.82 Å². The number of rotatable bonds is 3. The average Bonchev–Trinajstić information content (AvgIpc) is 2.38. The van der Waals surface area contributed by atoms with Crippen LogP contribution in [0.25, 0.3) is 11.5 Å². The van der Waals surface area contributed by atoms with Crippen LogP contribution in [0.3, 0.4) is 0 Å². The lowest BCUT2D eigenvalue weighted by molar-refractivity contribution is 0.0527. The molecule has 0 fully saturated rings. The molecular weight excluding hydrogens is 244 g/mol. The number of hydrogen-bond acceptors (Lipinski definition) is 6. The molecule has 98 valence electrons. The van der Waals surface area contributed by atoms with Crippen molar-refractivity contribution in [3.05, 3.63) is 35.7 Å². The van der Waals surface area contributed by atoms with E-state index in [-0.39, 0.29) is 18.0 Å². The lowest BCUT2D eigenvalue weighted by Gasteiger charge is -2.06. The lowest BCUT2D eigenvalue weighted by atomic mass is 10.2. The number of nitrogen functional groups attached to an aromatic ring is 1. The molecule has 0 radical (unpaired) electrons. The minimum absolute atomic E-state index is 0.0896. The fourth-order valence-corrected chi connectivity index (χ4v) is 1.54. The summed E-state index contributed by atoms with van der Waals surface area (Å²) in [5, 5.41) is 0. The molecule has 0 saturated heterocycles. The molecule has 6 heteroatoms. The number of nitrogens with zero attached hydrogens (tertiary/aromatic N) is 3. The Balaban J connectivity index is 2.36. The summed E-state index contributed by atoms with van der Waals surface area (Å²) in [7, 11) is 0. The standard InChI is InChI=1S/C13H14N4O2/c1-3-19-13(18)9-7-16-12(17-11(9)14)10-6-8(2)4-5-15-10/h4-7H,3H2,1-2H3,(H2,14,16,17). The second kappa shape index (κ2) is 5.43. The zero-order valence-electron chi connectivity index (χ0n) is 10.8. The number of hydrogen-bond donors (Lipinski definition) is 1. The van der Waals surface area contributed by atoms with E-state index in [1.165, 1.54) is 6.20 Å². The second-order valence-corrected chi connectivity index (χ2v) is 3.93. The van der Waals surface area contributed by atoms with Crippen LogP contribution < -0.4 is 5.73 Å². The lowest BCUT2D eigenvalue weighted by Crippen LogP contribution is -2.11. The topological polar surface area (TPSA) is 91.0 Å². The average molecular weight is 258 g/mol. The highest BCUT2D eigenvalue weighted by Crippen LogP contribution is 2.17. The first kappa shape index (κ1) is 12.9. The van der Waals surface area contributed by atoms with Gasteiger partial charge in [0, 0.05) is 12.4 Å². The summed E-state index contributed by atoms with van der Waals surface area (Å²) in [5.74, 6) is -0.0512. The van der Waals surface area contributed by atoms with Crippen molar-refractivity contribution >= 4 is 11.8 Å². The molecule has 0 aliphatic rings. The van der Waals surface area contributed by atoms with Gasteiger partial charge in [-0.2, -0.15) is 0 Å². The van der Waals surface area contributed by atoms with E-state index in [2.05, 4.69) is 15.0 Å². The molecule has 0 aromatic carbocycles. The van der Waals surface area contributed by atoms with Crippen molar-refractivity contribution in [3.63, 3.8) is 0 Å². The molecular formula is C13H14N4O2. The Morgan fingerprint density at radius 3 is 2.84 bits per heavy atom. The molecule has 0 aliphatic carbocycles. The molecule has 2 heterocycles. The quantitative estimate of drug-likeness (QED) is 0.841. The van der Waals surface area contributed by atoms with Gasteiger partial charge in [0.1, 0.15) is 17.1 Å². The highest BCUT2D eigenvalue weighted by atomic mass is 16.5. The molecule has 0 unspecified atom stereocenters. The van der Waals surface area contributed by atoms with E-state index in [9.17, 15) is 4.79 Å². The molecule has 2 N–H and O–H groups in total. The van der Waals surface area contributed by atoms with Gasteiger partial charge in [0.25, 0.3) is 0 Å². The van der Waals surface area contributed by atoms with Crippen molar-refractivity contribution in [2.24, 2.45) is 0 Å². The van der Waals surface area contributed by atoms with Crippen LogP contribution in [0.5, 0.6) is 0 Å². The molecule has 2 aromatic heterocycles. The fraction of sp³-hybridized carbons (Fsp3) is 0.231. The molecule has 2 rings (SSSR count). The van der Waals surface area contributed by atoms with Gasteiger partial charge in [0.05, 0.1) is 6.61 Å². The molecule has 0 amide bonds. The van der Waals surface area contributed by atoms with Gasteiger partial charge < -0.3 is 10.5 Å². The van der Waals surface area contributed by atoms with Gasteiger partial charge in [-0.05, 0) is 31.5 Å². The van der Waals surface area contributed by atoms with Crippen LogP contribution in [-0.4, -0.2) is 27.5 Å². The summed E-state index contributed by atoms with van der Waals surface area (Å²) in [6.45, 7) is 3.95. The van der Waals surface area contributed by atoms with Crippen LogP contribution in [0.1, 0.15) is 22.8 Å². The molecule has 6 nitrogen and oxygen atoms in total. The third kappa shape index (κ3) is 2.85. The molecule has 0 bridgehead atoms. The van der Waals surface area contributed by atoms with Crippen LogP contribution in [0.2, 0.25) is 0 Å². The van der Waals surface area contributed by atoms with Gasteiger partial charge in [-0.3, -0.25) is 4.98 Å². The number of pyridine rings is 1. The van der Waals surface area contributed by atoms with E-state index in [0.717, 1.165) is 5.56 Å². The fourth-order valence-electron chi connectivity index (χ4n) is 1.54. The summed E-state index contributed by atoms with van der Waals surface area (Å²) in [6, 6.07) is 3.72. The van der Waals surface area contributed by atoms with Crippen molar-refractivity contribution in [1.82, 2.24) is 15.0 Å². The van der Waals surface area contributed by atoms with Crippen LogP contribution >= 0.6 is 0 Å². The maximum absolute atomic E-state index is 11.6. The number of aromatic nitrogens is 3. The molecule has 19 heavy (non-hydrogen) atoms. The van der Waals surface area contributed by atoms with Crippen molar-refractivity contribution in [2.75, 3.05) is 12.3 Å². The Hall–Kier alpha value is -2.50. The first-order valence-corrected chi connectivity index (χ1v) is 5.84. The number of anilines is 1. The zero-order chi connectivity index (χ0) is 13.8. The first-order chi connectivity index (χ1) is 9.11. The van der Waals surface area contributed by atoms with Crippen molar-refractivity contribution in [1.29, 1.82) is 0 Å². The SMILES string of the molecule is CCOC(=O)c1cnc(-c2cc(C)ccn2)nc1N. The van der Waals surface area contributed by atoms with Crippen molar-refractivity contribution in [3.8, 4) is 11.5 Å². The third-order valence-electron chi connectivity index (χ3n) is 2.46. The van der Waals surface area contributed by atoms with E-state index in [1.807, 2.05) is 19.1 Å². The summed E-state index contributed by atoms with van der Waals surface area (Å²) in [5.41, 5.74) is 7.57. The number of aryl methyl sites for hydroxylation is 1. The van der Waals surface area contributed by atoms with Gasteiger partial charge in [-0.1, -0.05) is 0 Å². The van der Waals surface area contributed by atoms with Crippen molar-refractivity contribution < 1.29 is 9.53 Å². The normalized spacial score (nSPS) is 10.2. The van der Waals surface area contributed by atoms with Gasteiger partial charge in [0.2, 0.25) is 0 Å². The zero-order valence-corrected chi connectivity index (χ0v) is 10.8. The van der Waals surface area contributed by atoms with Gasteiger partial charge in [-0.25, -0.2) is 14.8 Å². The Kier molecular flexibility index (Phi) is 3.70. The number of nitrogens with two attached hydrogens (primary N) is 1.